The summed E-state index contributed by atoms with van der Waals surface area (Å²) in [6.45, 7) is 0. The minimum Gasteiger partial charge on any atom is -0.391 e. The van der Waals surface area contributed by atoms with Crippen molar-refractivity contribution >= 4 is 40.5 Å². The minimum absolute atomic E-state index is 0.331. The van der Waals surface area contributed by atoms with Crippen LogP contribution in [0.5, 0.6) is 0 Å². The molecule has 19 heavy (non-hydrogen) atoms. The van der Waals surface area contributed by atoms with E-state index in [1.807, 2.05) is 0 Å². The molecule has 1 aromatic carbocycles. The van der Waals surface area contributed by atoms with Crippen molar-refractivity contribution < 1.29 is 4.79 Å². The lowest BCUT2D eigenvalue weighted by atomic mass is 9.98. The molecule has 4 nitrogen and oxygen atoms in total. The molecule has 0 heterocycles. The second-order valence-electron chi connectivity index (χ2n) is 4.71. The summed E-state index contributed by atoms with van der Waals surface area (Å²) >= 11 is 11.1. The molecular weight excluding hydrogens is 282 g/mol. The SMILES string of the molecule is NC(=S)C1(NC(=O)Nc2ccccc2Cl)CCCC1. The fourth-order valence-electron chi connectivity index (χ4n) is 2.35. The standard InChI is InChI=1S/C13H16ClN3OS/c14-9-5-1-2-6-10(9)16-12(18)17-13(11(15)19)7-3-4-8-13/h1-2,5-6H,3-4,7-8H2,(H2,15,19)(H2,16,17,18). The average Bonchev–Trinajstić information content (AvgIpc) is 2.82. The van der Waals surface area contributed by atoms with E-state index in [1.165, 1.54) is 0 Å². The molecule has 0 atom stereocenters. The van der Waals surface area contributed by atoms with E-state index in [2.05, 4.69) is 10.6 Å². The molecule has 4 N–H and O–H groups in total. The van der Waals surface area contributed by atoms with Crippen LogP contribution in [0.15, 0.2) is 24.3 Å². The van der Waals surface area contributed by atoms with Gasteiger partial charge in [0.1, 0.15) is 0 Å². The Labute approximate surface area is 122 Å². The summed E-state index contributed by atoms with van der Waals surface area (Å²) < 4.78 is 0. The first-order chi connectivity index (χ1) is 9.03. The predicted octanol–water partition coefficient (Wildman–Crippen LogP) is 3.06. The molecule has 1 aliphatic rings. The number of nitrogens with one attached hydrogen (secondary N) is 2. The minimum atomic E-state index is -0.555. The van der Waals surface area contributed by atoms with Gasteiger partial charge in [-0.1, -0.05) is 48.8 Å². The lowest BCUT2D eigenvalue weighted by Gasteiger charge is -2.29. The van der Waals surface area contributed by atoms with Crippen LogP contribution in [0.25, 0.3) is 0 Å². The number of benzene rings is 1. The van der Waals surface area contributed by atoms with Crippen molar-refractivity contribution in [3.05, 3.63) is 29.3 Å². The zero-order valence-electron chi connectivity index (χ0n) is 10.4. The molecule has 0 aromatic heterocycles. The molecule has 1 saturated carbocycles. The molecule has 1 aromatic rings. The van der Waals surface area contributed by atoms with Crippen LogP contribution in [-0.4, -0.2) is 16.6 Å². The van der Waals surface area contributed by atoms with Crippen molar-refractivity contribution in [2.24, 2.45) is 5.73 Å². The summed E-state index contributed by atoms with van der Waals surface area (Å²) in [6, 6.07) is 6.74. The number of nitrogens with two attached hydrogens (primary N) is 1. The first-order valence-corrected chi connectivity index (χ1v) is 6.96. The Morgan fingerprint density at radius 3 is 2.53 bits per heavy atom. The van der Waals surface area contributed by atoms with E-state index >= 15 is 0 Å². The number of carbonyl (C=O) groups excluding carboxylic acids is 1. The Morgan fingerprint density at radius 2 is 1.95 bits per heavy atom. The summed E-state index contributed by atoms with van der Waals surface area (Å²) in [4.78, 5) is 12.4. The zero-order valence-corrected chi connectivity index (χ0v) is 12.0. The highest BCUT2D eigenvalue weighted by molar-refractivity contribution is 7.80. The van der Waals surface area contributed by atoms with Crippen molar-refractivity contribution in [2.75, 3.05) is 5.32 Å². The van der Waals surface area contributed by atoms with E-state index in [1.54, 1.807) is 24.3 Å². The number of anilines is 1. The summed E-state index contributed by atoms with van der Waals surface area (Å²) in [7, 11) is 0. The fourth-order valence-corrected chi connectivity index (χ4v) is 2.78. The van der Waals surface area contributed by atoms with Gasteiger partial charge in [0.05, 0.1) is 21.2 Å². The first kappa shape index (κ1) is 14.1. The quantitative estimate of drug-likeness (QED) is 0.751. The van der Waals surface area contributed by atoms with Crippen molar-refractivity contribution in [1.82, 2.24) is 5.32 Å². The monoisotopic (exact) mass is 297 g/mol. The van der Waals surface area contributed by atoms with Crippen LogP contribution in [0.4, 0.5) is 10.5 Å². The van der Waals surface area contributed by atoms with E-state index < -0.39 is 5.54 Å². The van der Waals surface area contributed by atoms with Gasteiger partial charge in [-0.2, -0.15) is 0 Å². The second-order valence-corrected chi connectivity index (χ2v) is 5.56. The van der Waals surface area contributed by atoms with Crippen LogP contribution in [0.2, 0.25) is 5.02 Å². The van der Waals surface area contributed by atoms with E-state index in [-0.39, 0.29) is 6.03 Å². The maximum absolute atomic E-state index is 12.0. The van der Waals surface area contributed by atoms with Crippen LogP contribution >= 0.6 is 23.8 Å². The van der Waals surface area contributed by atoms with Crippen LogP contribution < -0.4 is 16.4 Å². The second kappa shape index (κ2) is 5.75. The third kappa shape index (κ3) is 3.16. The van der Waals surface area contributed by atoms with Gasteiger partial charge in [0, 0.05) is 0 Å². The molecule has 0 unspecified atom stereocenters. The van der Waals surface area contributed by atoms with Crippen LogP contribution in [0.3, 0.4) is 0 Å². The molecule has 6 heteroatoms. The summed E-state index contributed by atoms with van der Waals surface area (Å²) in [5, 5.41) is 6.11. The van der Waals surface area contributed by atoms with Crippen LogP contribution in [0, 0.1) is 0 Å². The van der Waals surface area contributed by atoms with Crippen molar-refractivity contribution in [3.63, 3.8) is 0 Å². The third-order valence-corrected chi connectivity index (χ3v) is 4.12. The zero-order chi connectivity index (χ0) is 13.9. The number of rotatable bonds is 3. The van der Waals surface area contributed by atoms with Gasteiger partial charge in [0.15, 0.2) is 0 Å². The topological polar surface area (TPSA) is 67.1 Å². The van der Waals surface area contributed by atoms with Gasteiger partial charge in [-0.05, 0) is 25.0 Å². The Hall–Kier alpha value is -1.33. The Morgan fingerprint density at radius 1 is 1.32 bits per heavy atom. The van der Waals surface area contributed by atoms with Crippen LogP contribution in [-0.2, 0) is 0 Å². The maximum atomic E-state index is 12.0. The smallest absolute Gasteiger partial charge is 0.320 e. The van der Waals surface area contributed by atoms with Crippen molar-refractivity contribution in [1.29, 1.82) is 0 Å². The van der Waals surface area contributed by atoms with Crippen LogP contribution in [0.1, 0.15) is 25.7 Å². The average molecular weight is 298 g/mol. The number of halogens is 1. The molecule has 0 spiro atoms. The molecular formula is C13H16ClN3OS. The highest BCUT2D eigenvalue weighted by Gasteiger charge is 2.38. The molecule has 0 saturated heterocycles. The van der Waals surface area contributed by atoms with Gasteiger partial charge in [0.25, 0.3) is 0 Å². The van der Waals surface area contributed by atoms with Gasteiger partial charge in [-0.25, -0.2) is 4.79 Å². The van der Waals surface area contributed by atoms with E-state index in [9.17, 15) is 4.79 Å². The molecule has 2 rings (SSSR count). The highest BCUT2D eigenvalue weighted by atomic mass is 35.5. The molecule has 0 bridgehead atoms. The fraction of sp³-hybridized carbons (Fsp3) is 0.385. The van der Waals surface area contributed by atoms with Gasteiger partial charge < -0.3 is 16.4 Å². The number of para-hydroxylation sites is 1. The van der Waals surface area contributed by atoms with Crippen molar-refractivity contribution in [2.45, 2.75) is 31.2 Å². The molecule has 0 aliphatic heterocycles. The van der Waals surface area contributed by atoms with Gasteiger partial charge in [-0.3, -0.25) is 0 Å². The molecule has 102 valence electrons. The third-order valence-electron chi connectivity index (χ3n) is 3.40. The molecule has 1 fully saturated rings. The predicted molar refractivity (Wildman–Crippen MR) is 81.6 cm³/mol. The number of hydrogen-bond acceptors (Lipinski definition) is 2. The highest BCUT2D eigenvalue weighted by Crippen LogP contribution is 2.30. The van der Waals surface area contributed by atoms with Gasteiger partial charge >= 0.3 is 6.03 Å². The van der Waals surface area contributed by atoms with E-state index in [0.717, 1.165) is 25.7 Å². The normalized spacial score (nSPS) is 16.9. The number of carbonyl (C=O) groups is 1. The molecule has 0 radical (unpaired) electrons. The first-order valence-electron chi connectivity index (χ1n) is 6.17. The lowest BCUT2D eigenvalue weighted by Crippen LogP contribution is -2.55. The van der Waals surface area contributed by atoms with Gasteiger partial charge in [0.2, 0.25) is 0 Å². The van der Waals surface area contributed by atoms with E-state index in [4.69, 9.17) is 29.6 Å². The molecule has 2 amide bonds. The maximum Gasteiger partial charge on any atom is 0.320 e. The number of hydrogen-bond donors (Lipinski definition) is 3. The summed E-state index contributed by atoms with van der Waals surface area (Å²) in [5.41, 5.74) is 5.78. The Bertz CT molecular complexity index is 500. The van der Waals surface area contributed by atoms with E-state index in [0.29, 0.717) is 15.7 Å². The summed E-state index contributed by atoms with van der Waals surface area (Å²) in [6.07, 6.45) is 3.62. The number of urea groups is 1. The summed E-state index contributed by atoms with van der Waals surface area (Å²) in [5.74, 6) is 0. The largest absolute Gasteiger partial charge is 0.391 e. The van der Waals surface area contributed by atoms with Crippen molar-refractivity contribution in [3.8, 4) is 0 Å². The number of amides is 2. The lowest BCUT2D eigenvalue weighted by molar-refractivity contribution is 0.245. The Kier molecular flexibility index (Phi) is 4.27. The van der Waals surface area contributed by atoms with Gasteiger partial charge in [-0.15, -0.1) is 0 Å². The number of thiocarbonyl (C=S) groups is 1. The molecule has 1 aliphatic carbocycles. The Balaban J connectivity index is 2.05.